The van der Waals surface area contributed by atoms with E-state index in [0.717, 1.165) is 5.56 Å². The monoisotopic (exact) mass is 1100 g/mol. The molecule has 0 saturated carbocycles. The number of likely N-dealkylation sites (N-methyl/N-ethyl adjacent to an activating group) is 2. The molecule has 3 aliphatic rings. The molecule has 0 aliphatic carbocycles. The van der Waals surface area contributed by atoms with Gasteiger partial charge >= 0.3 is 18.2 Å². The van der Waals surface area contributed by atoms with Gasteiger partial charge in [-0.3, -0.25) is 19.9 Å². The van der Waals surface area contributed by atoms with E-state index in [9.17, 15) is 34.5 Å². The van der Waals surface area contributed by atoms with Gasteiger partial charge in [0.1, 0.15) is 30.5 Å². The third-order valence-electron chi connectivity index (χ3n) is 15.4. The molecule has 3 heterocycles. The van der Waals surface area contributed by atoms with Gasteiger partial charge in [0, 0.05) is 49.0 Å². The van der Waals surface area contributed by atoms with E-state index in [1.54, 1.807) is 52.8 Å². The molecule has 5 rings (SSSR count). The largest absolute Gasteiger partial charge is 0.493 e. The van der Waals surface area contributed by atoms with Crippen molar-refractivity contribution in [3.8, 4) is 11.5 Å². The number of benzene rings is 2. The number of carbonyl (C=O) groups excluding carboxylic acids is 4. The molecule has 0 aromatic heterocycles. The molecule has 2 aromatic rings. The van der Waals surface area contributed by atoms with Gasteiger partial charge in [-0.2, -0.15) is 0 Å². The maximum Gasteiger partial charge on any atom is 0.426 e. The normalized spacial score (nSPS) is 34.4. The van der Waals surface area contributed by atoms with Crippen LogP contribution in [-0.2, 0) is 49.3 Å². The number of rotatable bonds is 14. The summed E-state index contributed by atoms with van der Waals surface area (Å²) < 4.78 is 55.3. The number of nitrogens with zero attached hydrogens (tertiary/aromatic N) is 2. The summed E-state index contributed by atoms with van der Waals surface area (Å²) in [6.07, 6.45) is -9.43. The van der Waals surface area contributed by atoms with Crippen molar-refractivity contribution >= 4 is 30.1 Å². The molecular formula is C57H89N5O16. The minimum Gasteiger partial charge on any atom is -0.493 e. The number of ether oxygens (including phenoxy) is 9. The van der Waals surface area contributed by atoms with E-state index in [2.05, 4.69) is 16.2 Å². The Morgan fingerprint density at radius 1 is 0.846 bits per heavy atom. The third-order valence-corrected chi connectivity index (χ3v) is 15.4. The van der Waals surface area contributed by atoms with Gasteiger partial charge < -0.3 is 68.2 Å². The lowest BCUT2D eigenvalue weighted by Crippen LogP contribution is -2.60. The lowest BCUT2D eigenvalue weighted by Gasteiger charge is -2.49. The number of esters is 1. The van der Waals surface area contributed by atoms with E-state index in [1.807, 2.05) is 95.9 Å². The molecule has 21 nitrogen and oxygen atoms in total. The van der Waals surface area contributed by atoms with Gasteiger partial charge in [-0.1, -0.05) is 71.0 Å². The molecule has 438 valence electrons. The summed E-state index contributed by atoms with van der Waals surface area (Å²) >= 11 is 0. The van der Waals surface area contributed by atoms with Gasteiger partial charge in [-0.25, -0.2) is 15.0 Å². The second kappa shape index (κ2) is 28.4. The number of hydrazine groups is 1. The molecule has 0 radical (unpaired) electrons. The predicted octanol–water partition coefficient (Wildman–Crippen LogP) is 5.56. The van der Waals surface area contributed by atoms with E-state index in [-0.39, 0.29) is 43.9 Å². The molecule has 2 aromatic carbocycles. The van der Waals surface area contributed by atoms with Crippen LogP contribution in [0.15, 0.2) is 54.6 Å². The summed E-state index contributed by atoms with van der Waals surface area (Å²) in [5.41, 5.74) is 3.61. The summed E-state index contributed by atoms with van der Waals surface area (Å²) in [5, 5.41) is 39.7. The quantitative estimate of drug-likeness (QED) is 0.0586. The highest BCUT2D eigenvalue weighted by molar-refractivity contribution is 5.92. The van der Waals surface area contributed by atoms with Crippen molar-refractivity contribution in [2.75, 3.05) is 41.9 Å². The molecule has 3 saturated heterocycles. The number of amides is 3. The van der Waals surface area contributed by atoms with Crippen LogP contribution in [0.2, 0.25) is 0 Å². The van der Waals surface area contributed by atoms with E-state index in [0.29, 0.717) is 30.0 Å². The van der Waals surface area contributed by atoms with Crippen LogP contribution in [0.1, 0.15) is 106 Å². The van der Waals surface area contributed by atoms with Crippen LogP contribution < -0.4 is 25.6 Å². The van der Waals surface area contributed by atoms with Gasteiger partial charge in [0.2, 0.25) is 0 Å². The Labute approximate surface area is 460 Å². The maximum absolute atomic E-state index is 14.8. The molecule has 3 amide bonds. The van der Waals surface area contributed by atoms with E-state index < -0.39 is 114 Å². The van der Waals surface area contributed by atoms with Gasteiger partial charge in [0.05, 0.1) is 50.2 Å². The molecule has 6 N–H and O–H groups in total. The Kier molecular flexibility index (Phi) is 23.2. The van der Waals surface area contributed by atoms with Gasteiger partial charge in [0.15, 0.2) is 24.1 Å². The number of carbonyl (C=O) groups is 4. The first-order valence-electron chi connectivity index (χ1n) is 27.1. The van der Waals surface area contributed by atoms with Crippen LogP contribution in [0.3, 0.4) is 0 Å². The fraction of sp³-hybridized carbons (Fsp3) is 0.684. The van der Waals surface area contributed by atoms with Crippen molar-refractivity contribution in [2.45, 2.75) is 187 Å². The van der Waals surface area contributed by atoms with Crippen molar-refractivity contribution in [3.05, 3.63) is 65.7 Å². The minimum atomic E-state index is -1.68. The summed E-state index contributed by atoms with van der Waals surface area (Å²) in [4.78, 5) is 58.1. The fourth-order valence-corrected chi connectivity index (χ4v) is 11.2. The first-order chi connectivity index (χ1) is 36.7. The third kappa shape index (κ3) is 17.0. The Bertz CT molecular complexity index is 2290. The summed E-state index contributed by atoms with van der Waals surface area (Å²) in [6, 6.07) is 13.5. The summed E-state index contributed by atoms with van der Waals surface area (Å²) in [7, 11) is 8.59. The predicted molar refractivity (Wildman–Crippen MR) is 290 cm³/mol. The first kappa shape index (κ1) is 63.7. The Morgan fingerprint density at radius 3 is 2.15 bits per heavy atom. The average molecular weight is 1100 g/mol. The summed E-state index contributed by atoms with van der Waals surface area (Å²) in [6.45, 7) is 18.5. The van der Waals surface area contributed by atoms with Gasteiger partial charge in [-0.15, -0.1) is 0 Å². The molecule has 0 spiro atoms. The first-order valence-corrected chi connectivity index (χ1v) is 27.1. The lowest BCUT2D eigenvalue weighted by atomic mass is 9.77. The van der Waals surface area contributed by atoms with Crippen molar-refractivity contribution in [1.29, 1.82) is 0 Å². The van der Waals surface area contributed by atoms with Crippen LogP contribution >= 0.6 is 0 Å². The molecule has 0 bridgehead atoms. The van der Waals surface area contributed by atoms with Crippen LogP contribution in [0.5, 0.6) is 11.5 Å². The molecule has 0 unspecified atom stereocenters. The van der Waals surface area contributed by atoms with E-state index in [4.69, 9.17) is 42.6 Å². The fourth-order valence-electron chi connectivity index (χ4n) is 11.2. The number of cyclic esters (lactones) is 1. The number of aliphatic hydroxyl groups is 3. The Balaban J connectivity index is 1.43. The molecule has 78 heavy (non-hydrogen) atoms. The van der Waals surface area contributed by atoms with Crippen molar-refractivity contribution < 1.29 is 77.1 Å². The van der Waals surface area contributed by atoms with E-state index >= 15 is 0 Å². The minimum absolute atomic E-state index is 0.137. The van der Waals surface area contributed by atoms with Crippen LogP contribution in [0.25, 0.3) is 6.08 Å². The molecule has 3 aliphatic heterocycles. The van der Waals surface area contributed by atoms with Crippen LogP contribution in [0.4, 0.5) is 9.59 Å². The highest BCUT2D eigenvalue weighted by Gasteiger charge is 2.52. The van der Waals surface area contributed by atoms with Gasteiger partial charge in [0.25, 0.3) is 5.91 Å². The Morgan fingerprint density at radius 2 is 1.53 bits per heavy atom. The lowest BCUT2D eigenvalue weighted by molar-refractivity contribution is -0.312. The number of hydrogen-bond acceptors (Lipinski definition) is 18. The number of aliphatic hydroxyl groups excluding tert-OH is 2. The number of hydrogen-bond donors (Lipinski definition) is 6. The maximum atomic E-state index is 14.8. The zero-order chi connectivity index (χ0) is 57.8. The molecule has 17 atom stereocenters. The molecule has 3 fully saturated rings. The van der Waals surface area contributed by atoms with Crippen molar-refractivity contribution in [2.24, 2.45) is 23.2 Å². The highest BCUT2D eigenvalue weighted by atomic mass is 16.7. The summed E-state index contributed by atoms with van der Waals surface area (Å²) in [5.74, 6) is -2.63. The van der Waals surface area contributed by atoms with Crippen molar-refractivity contribution in [1.82, 2.24) is 26.0 Å². The second-order valence-corrected chi connectivity index (χ2v) is 22.7. The molecular weight excluding hydrogens is 1010 g/mol. The second-order valence-electron chi connectivity index (χ2n) is 22.7. The molecule has 21 heteroatoms. The number of nitrogens with one attached hydrogen (secondary N) is 3. The zero-order valence-corrected chi connectivity index (χ0v) is 48.3. The van der Waals surface area contributed by atoms with Crippen molar-refractivity contribution in [3.63, 3.8) is 0 Å². The van der Waals surface area contributed by atoms with E-state index in [1.165, 1.54) is 26.4 Å². The van der Waals surface area contributed by atoms with Gasteiger partial charge in [-0.05, 0) is 110 Å². The SMILES string of the molecule is CC[C@H]1OC(=O)[C@H](C)[C@@H](O[C@H]2CC(C)(C)[C@@H](OC(=O)NNC(=O)/C=C/c3ccc(OC)c(OC)c3)[C@H](C)O2)[C@H](C)[C@@H](O[C@@H]2O[C@H](C)C[C@H](N(C)C)[C@H]2O)[C@@](C)(O)C[C@@H](C)CN(C)[C@H](C)[C@@H](OC(=O)NCc2ccccc2)[C@H]1O. The smallest absolute Gasteiger partial charge is 0.426 e. The van der Waals surface area contributed by atoms with Crippen LogP contribution in [-0.4, -0.2) is 176 Å². The number of methoxy groups -OCH3 is 2. The topological polar surface area (TPSA) is 255 Å². The van der Waals surface area contributed by atoms with Crippen LogP contribution in [0, 0.1) is 23.2 Å². The number of alkyl carbamates (subject to hydrolysis) is 1. The zero-order valence-electron chi connectivity index (χ0n) is 48.3. The average Bonchev–Trinajstić information content (AvgIpc) is 3.40. The highest BCUT2D eigenvalue weighted by Crippen LogP contribution is 2.42. The standard InChI is InChI=1S/C57H89N5O16/c1-16-41-47(65)49(76-54(67)58-30-39-20-18-17-19-21-39)36(6)62(13)31-32(2)28-57(10,69)50(77-53-46(64)40(61(11)12)26-33(3)72-53)34(4)48(35(5)52(66)74-41)75-45-29-56(8,9)51(37(7)73-45)78-55(68)60-59-44(63)25-23-38-22-24-42(70-14)43(27-38)71-15/h17-25,27,32-37,40-41,45-51,53,64-65,69H,16,26,28-31H2,1-15H3,(H,58,67)(H,59,63)(H,60,68)/b25-23+/t32-,33-,34+,35-,36-,37+,40+,41-,45+,46-,47+,48+,49-,50-,51+,53+,57+/m1/s1. The Hall–Kier alpha value is -5.10.